The van der Waals surface area contributed by atoms with E-state index < -0.39 is 24.1 Å². The third-order valence-electron chi connectivity index (χ3n) is 4.47. The number of pyridine rings is 1. The molecule has 1 aromatic rings. The summed E-state index contributed by atoms with van der Waals surface area (Å²) in [4.78, 5) is 25.1. The molecule has 0 aliphatic carbocycles. The molecule has 0 unspecified atom stereocenters. The molecule has 120 valence electrons. The Bertz CT molecular complexity index is 696. The van der Waals surface area contributed by atoms with E-state index in [1.807, 2.05) is 0 Å². The molecule has 2 aliphatic rings. The van der Waals surface area contributed by atoms with E-state index in [4.69, 9.17) is 0 Å². The third-order valence-corrected chi connectivity index (χ3v) is 5.28. The number of nitrogens with one attached hydrogen (secondary N) is 2. The molecular weight excluding hydrogens is 360 g/mol. The van der Waals surface area contributed by atoms with Crippen LogP contribution in [0.4, 0.5) is 8.78 Å². The molecule has 1 amide bonds. The fraction of sp³-hybridized carbons (Fsp3) is 0.571. The van der Waals surface area contributed by atoms with E-state index in [9.17, 15) is 18.4 Å². The van der Waals surface area contributed by atoms with Crippen LogP contribution in [0.3, 0.4) is 0 Å². The lowest BCUT2D eigenvalue weighted by Gasteiger charge is -2.35. The number of alkyl halides is 2. The zero-order valence-electron chi connectivity index (χ0n) is 12.0. The van der Waals surface area contributed by atoms with Crippen molar-refractivity contribution in [3.05, 3.63) is 31.6 Å². The smallest absolute Gasteiger partial charge is 0.270 e. The molecular formula is C14H16BrF2N3O2. The number of amides is 1. The molecule has 0 bridgehead atoms. The van der Waals surface area contributed by atoms with E-state index in [1.54, 1.807) is 6.92 Å². The van der Waals surface area contributed by atoms with E-state index in [1.165, 1.54) is 4.57 Å². The Kier molecular flexibility index (Phi) is 3.84. The predicted molar refractivity (Wildman–Crippen MR) is 80.4 cm³/mol. The highest BCUT2D eigenvalue weighted by Crippen LogP contribution is 2.34. The molecule has 5 nitrogen and oxygen atoms in total. The monoisotopic (exact) mass is 375 g/mol. The maximum atomic E-state index is 12.8. The van der Waals surface area contributed by atoms with Crippen LogP contribution >= 0.6 is 15.9 Å². The minimum Gasteiger partial charge on any atom is -0.327 e. The van der Waals surface area contributed by atoms with Crippen LogP contribution < -0.4 is 16.2 Å². The van der Waals surface area contributed by atoms with Crippen molar-refractivity contribution in [1.82, 2.24) is 15.2 Å². The number of fused-ring (bicyclic) bond motifs is 2. The van der Waals surface area contributed by atoms with Crippen molar-refractivity contribution in [3.8, 4) is 0 Å². The first-order chi connectivity index (χ1) is 10.4. The molecule has 2 aliphatic heterocycles. The highest BCUT2D eigenvalue weighted by Gasteiger charge is 2.45. The van der Waals surface area contributed by atoms with Gasteiger partial charge in [0.15, 0.2) is 0 Å². The average Bonchev–Trinajstić information content (AvgIpc) is 2.74. The van der Waals surface area contributed by atoms with Crippen LogP contribution in [0, 0.1) is 6.92 Å². The Balaban J connectivity index is 2.24. The number of aromatic nitrogens is 1. The molecule has 3 rings (SSSR count). The van der Waals surface area contributed by atoms with E-state index in [0.717, 1.165) is 0 Å². The maximum Gasteiger partial charge on any atom is 0.270 e. The fourth-order valence-electron chi connectivity index (χ4n) is 3.40. The van der Waals surface area contributed by atoms with Gasteiger partial charge in [-0.05, 0) is 47.1 Å². The summed E-state index contributed by atoms with van der Waals surface area (Å²) in [5.74, 6) is -0.362. The number of carbonyl (C=O) groups is 1. The van der Waals surface area contributed by atoms with Gasteiger partial charge in [0.25, 0.3) is 11.5 Å². The second-order valence-corrected chi connectivity index (χ2v) is 6.53. The third kappa shape index (κ3) is 2.20. The molecule has 1 saturated heterocycles. The standard InChI is InChI=1S/C14H16BrF2N3O2/c1-7-8(6-9(16)17)10(15)13(22)20-11(7)12(21)19-14(20)2-4-18-5-3-14/h9,18H,2-6H2,1H3,(H,19,21). The minimum atomic E-state index is -2.57. The second-order valence-electron chi connectivity index (χ2n) is 5.74. The van der Waals surface area contributed by atoms with Crippen LogP contribution in [-0.4, -0.2) is 30.0 Å². The van der Waals surface area contributed by atoms with Gasteiger partial charge in [-0.15, -0.1) is 0 Å². The zero-order valence-corrected chi connectivity index (χ0v) is 13.6. The molecule has 22 heavy (non-hydrogen) atoms. The summed E-state index contributed by atoms with van der Waals surface area (Å²) in [5.41, 5.74) is -0.292. The Morgan fingerprint density at radius 2 is 1.95 bits per heavy atom. The first-order valence-electron chi connectivity index (χ1n) is 7.13. The summed E-state index contributed by atoms with van der Waals surface area (Å²) in [6.07, 6.45) is -1.94. The van der Waals surface area contributed by atoms with Crippen LogP contribution in [0.25, 0.3) is 0 Å². The lowest BCUT2D eigenvalue weighted by atomic mass is 9.97. The predicted octanol–water partition coefficient (Wildman–Crippen LogP) is 1.51. The molecule has 0 aromatic carbocycles. The van der Waals surface area contributed by atoms with Gasteiger partial charge in [0, 0.05) is 19.3 Å². The number of halogens is 3. The van der Waals surface area contributed by atoms with Crippen molar-refractivity contribution < 1.29 is 13.6 Å². The number of nitrogens with zero attached hydrogens (tertiary/aromatic N) is 1. The summed E-state index contributed by atoms with van der Waals surface area (Å²) in [6, 6.07) is 0. The van der Waals surface area contributed by atoms with Crippen LogP contribution in [0.15, 0.2) is 9.27 Å². The van der Waals surface area contributed by atoms with Crippen molar-refractivity contribution in [2.24, 2.45) is 0 Å². The molecule has 8 heteroatoms. The topological polar surface area (TPSA) is 63.1 Å². The van der Waals surface area contributed by atoms with Crippen molar-refractivity contribution in [2.75, 3.05) is 13.1 Å². The van der Waals surface area contributed by atoms with Crippen molar-refractivity contribution in [3.63, 3.8) is 0 Å². The number of hydrogen-bond donors (Lipinski definition) is 2. The largest absolute Gasteiger partial charge is 0.327 e. The summed E-state index contributed by atoms with van der Waals surface area (Å²) in [6.45, 7) is 2.98. The van der Waals surface area contributed by atoms with Gasteiger partial charge >= 0.3 is 0 Å². The lowest BCUT2D eigenvalue weighted by Crippen LogP contribution is -2.53. The lowest BCUT2D eigenvalue weighted by molar-refractivity contribution is 0.0886. The summed E-state index contributed by atoms with van der Waals surface area (Å²) in [5, 5.41) is 6.09. The van der Waals surface area contributed by atoms with Crippen molar-refractivity contribution >= 4 is 21.8 Å². The van der Waals surface area contributed by atoms with E-state index in [0.29, 0.717) is 31.5 Å². The molecule has 0 atom stereocenters. The highest BCUT2D eigenvalue weighted by atomic mass is 79.9. The molecule has 3 heterocycles. The van der Waals surface area contributed by atoms with Crippen molar-refractivity contribution in [2.45, 2.75) is 38.3 Å². The van der Waals surface area contributed by atoms with Gasteiger partial charge in [0.2, 0.25) is 6.43 Å². The second kappa shape index (κ2) is 5.42. The molecule has 1 fully saturated rings. The van der Waals surface area contributed by atoms with Crippen LogP contribution in [0.5, 0.6) is 0 Å². The van der Waals surface area contributed by atoms with Gasteiger partial charge in [-0.1, -0.05) is 0 Å². The normalized spacial score (nSPS) is 19.6. The molecule has 2 N–H and O–H groups in total. The molecule has 0 saturated carbocycles. The number of piperidine rings is 1. The zero-order chi connectivity index (χ0) is 16.1. The van der Waals surface area contributed by atoms with Gasteiger partial charge in [-0.25, -0.2) is 8.78 Å². The summed E-state index contributed by atoms with van der Waals surface area (Å²) >= 11 is 3.16. The van der Waals surface area contributed by atoms with Crippen LogP contribution in [-0.2, 0) is 12.1 Å². The number of hydrogen-bond acceptors (Lipinski definition) is 3. The first-order valence-corrected chi connectivity index (χ1v) is 7.92. The number of rotatable bonds is 2. The van der Waals surface area contributed by atoms with Crippen LogP contribution in [0.2, 0.25) is 0 Å². The van der Waals surface area contributed by atoms with Gasteiger partial charge in [-0.2, -0.15) is 0 Å². The Hall–Kier alpha value is -1.28. The van der Waals surface area contributed by atoms with E-state index in [-0.39, 0.29) is 21.6 Å². The summed E-state index contributed by atoms with van der Waals surface area (Å²) in [7, 11) is 0. The SMILES string of the molecule is Cc1c(CC(F)F)c(Br)c(=O)n2c1C(=O)NC21CCNCC1. The van der Waals surface area contributed by atoms with Crippen molar-refractivity contribution in [1.29, 1.82) is 0 Å². The van der Waals surface area contributed by atoms with E-state index in [2.05, 4.69) is 26.6 Å². The van der Waals surface area contributed by atoms with Gasteiger partial charge in [-0.3, -0.25) is 14.2 Å². The first kappa shape index (κ1) is 15.6. The average molecular weight is 376 g/mol. The maximum absolute atomic E-state index is 12.8. The molecule has 0 radical (unpaired) electrons. The fourth-order valence-corrected chi connectivity index (χ4v) is 4.03. The van der Waals surface area contributed by atoms with E-state index >= 15 is 0 Å². The minimum absolute atomic E-state index is 0.128. The quantitative estimate of drug-likeness (QED) is 0.823. The Morgan fingerprint density at radius 3 is 2.55 bits per heavy atom. The highest BCUT2D eigenvalue weighted by molar-refractivity contribution is 9.10. The Labute approximate surface area is 134 Å². The number of carbonyl (C=O) groups excluding carboxylic acids is 1. The Morgan fingerprint density at radius 1 is 1.32 bits per heavy atom. The molecule has 1 aromatic heterocycles. The molecule has 1 spiro atoms. The van der Waals surface area contributed by atoms with Gasteiger partial charge < -0.3 is 10.6 Å². The van der Waals surface area contributed by atoms with Gasteiger partial charge in [0.1, 0.15) is 11.4 Å². The van der Waals surface area contributed by atoms with Crippen LogP contribution in [0.1, 0.15) is 34.5 Å². The van der Waals surface area contributed by atoms with Gasteiger partial charge in [0.05, 0.1) is 4.47 Å². The summed E-state index contributed by atoms with van der Waals surface area (Å²) < 4.78 is 27.1.